The highest BCUT2D eigenvalue weighted by Gasteiger charge is 2.12. The van der Waals surface area contributed by atoms with E-state index in [9.17, 15) is 5.11 Å². The number of aromatic nitrogens is 4. The van der Waals surface area contributed by atoms with Crippen LogP contribution in [0.2, 0.25) is 0 Å². The summed E-state index contributed by atoms with van der Waals surface area (Å²) >= 11 is 0. The van der Waals surface area contributed by atoms with Crippen molar-refractivity contribution in [2.45, 2.75) is 33.4 Å². The Hall–Kier alpha value is -2.73. The SMILES string of the molecule is Cc1ccc(-c2nnn(C[C@H](O)COc3ccc(C)cc3C)n2)cc1. The molecule has 0 aliphatic heterocycles. The number of rotatable bonds is 6. The van der Waals surface area contributed by atoms with Gasteiger partial charge >= 0.3 is 0 Å². The van der Waals surface area contributed by atoms with Crippen LogP contribution in [0.3, 0.4) is 0 Å². The Morgan fingerprint density at radius 2 is 1.76 bits per heavy atom. The summed E-state index contributed by atoms with van der Waals surface area (Å²) in [6.45, 7) is 6.45. The Morgan fingerprint density at radius 3 is 2.48 bits per heavy atom. The van der Waals surface area contributed by atoms with Crippen LogP contribution in [0.1, 0.15) is 16.7 Å². The van der Waals surface area contributed by atoms with E-state index in [1.807, 2.05) is 57.2 Å². The van der Waals surface area contributed by atoms with Crippen LogP contribution in [0, 0.1) is 20.8 Å². The summed E-state index contributed by atoms with van der Waals surface area (Å²) in [5.74, 6) is 1.32. The molecule has 130 valence electrons. The first-order valence-electron chi connectivity index (χ1n) is 8.24. The molecule has 0 aliphatic rings. The van der Waals surface area contributed by atoms with Crippen molar-refractivity contribution in [3.8, 4) is 17.1 Å². The van der Waals surface area contributed by atoms with Crippen molar-refractivity contribution in [1.29, 1.82) is 0 Å². The van der Waals surface area contributed by atoms with Crippen LogP contribution < -0.4 is 4.74 Å². The van der Waals surface area contributed by atoms with Gasteiger partial charge in [0.15, 0.2) is 0 Å². The molecule has 0 fully saturated rings. The van der Waals surface area contributed by atoms with Gasteiger partial charge in [-0.25, -0.2) is 0 Å². The van der Waals surface area contributed by atoms with Gasteiger partial charge in [0.2, 0.25) is 5.82 Å². The molecule has 6 heteroatoms. The maximum Gasteiger partial charge on any atom is 0.204 e. The summed E-state index contributed by atoms with van der Waals surface area (Å²) in [4.78, 5) is 1.39. The Bertz CT molecular complexity index is 843. The molecule has 6 nitrogen and oxygen atoms in total. The van der Waals surface area contributed by atoms with Gasteiger partial charge in [0, 0.05) is 5.56 Å². The quantitative estimate of drug-likeness (QED) is 0.748. The van der Waals surface area contributed by atoms with Crippen LogP contribution in [0.15, 0.2) is 42.5 Å². The Labute approximate surface area is 147 Å². The number of ether oxygens (including phenoxy) is 1. The average Bonchev–Trinajstić information content (AvgIpc) is 3.03. The van der Waals surface area contributed by atoms with Crippen LogP contribution in [-0.2, 0) is 6.54 Å². The summed E-state index contributed by atoms with van der Waals surface area (Å²) in [7, 11) is 0. The fourth-order valence-corrected chi connectivity index (χ4v) is 2.53. The summed E-state index contributed by atoms with van der Waals surface area (Å²) in [6.07, 6.45) is -0.722. The lowest BCUT2D eigenvalue weighted by atomic mass is 10.1. The minimum Gasteiger partial charge on any atom is -0.491 e. The van der Waals surface area contributed by atoms with E-state index in [4.69, 9.17) is 4.74 Å². The van der Waals surface area contributed by atoms with E-state index in [0.717, 1.165) is 16.9 Å². The topological polar surface area (TPSA) is 73.1 Å². The normalized spacial score (nSPS) is 12.2. The lowest BCUT2D eigenvalue weighted by Gasteiger charge is -2.13. The minimum atomic E-state index is -0.722. The van der Waals surface area contributed by atoms with Crippen LogP contribution in [0.5, 0.6) is 5.75 Å². The van der Waals surface area contributed by atoms with Crippen molar-refractivity contribution < 1.29 is 9.84 Å². The third kappa shape index (κ3) is 4.42. The molecule has 0 spiro atoms. The molecule has 1 atom stereocenters. The smallest absolute Gasteiger partial charge is 0.204 e. The van der Waals surface area contributed by atoms with Gasteiger partial charge in [-0.05, 0) is 37.6 Å². The zero-order chi connectivity index (χ0) is 17.8. The predicted octanol–water partition coefficient (Wildman–Crippen LogP) is 2.71. The van der Waals surface area contributed by atoms with E-state index in [0.29, 0.717) is 5.82 Å². The van der Waals surface area contributed by atoms with Gasteiger partial charge in [0.1, 0.15) is 18.5 Å². The maximum atomic E-state index is 10.2. The number of nitrogens with zero attached hydrogens (tertiary/aromatic N) is 4. The highest BCUT2D eigenvalue weighted by molar-refractivity contribution is 5.53. The maximum absolute atomic E-state index is 10.2. The molecule has 0 aliphatic carbocycles. The van der Waals surface area contributed by atoms with Crippen molar-refractivity contribution in [3.05, 3.63) is 59.2 Å². The average molecular weight is 338 g/mol. The number of hydrogen-bond donors (Lipinski definition) is 1. The van der Waals surface area contributed by atoms with Crippen molar-refractivity contribution in [2.24, 2.45) is 0 Å². The highest BCUT2D eigenvalue weighted by atomic mass is 16.5. The lowest BCUT2D eigenvalue weighted by Crippen LogP contribution is -2.25. The molecule has 3 aromatic rings. The van der Waals surface area contributed by atoms with E-state index in [1.54, 1.807) is 0 Å². The number of benzene rings is 2. The molecular weight excluding hydrogens is 316 g/mol. The monoisotopic (exact) mass is 338 g/mol. The Morgan fingerprint density at radius 1 is 1.04 bits per heavy atom. The molecule has 1 aromatic heterocycles. The van der Waals surface area contributed by atoms with Crippen LogP contribution in [-0.4, -0.2) is 38.0 Å². The first-order chi connectivity index (χ1) is 12.0. The molecule has 0 amide bonds. The number of tetrazole rings is 1. The Balaban J connectivity index is 1.58. The minimum absolute atomic E-state index is 0.172. The molecule has 0 unspecified atom stereocenters. The lowest BCUT2D eigenvalue weighted by molar-refractivity contribution is 0.0847. The van der Waals surface area contributed by atoms with Crippen molar-refractivity contribution in [3.63, 3.8) is 0 Å². The molecule has 3 rings (SSSR count). The van der Waals surface area contributed by atoms with Gasteiger partial charge in [0.05, 0.1) is 6.54 Å². The second-order valence-corrected chi connectivity index (χ2v) is 6.27. The predicted molar refractivity (Wildman–Crippen MR) is 95.4 cm³/mol. The van der Waals surface area contributed by atoms with Gasteiger partial charge in [-0.15, -0.1) is 10.2 Å². The summed E-state index contributed by atoms with van der Waals surface area (Å²) in [6, 6.07) is 13.9. The van der Waals surface area contributed by atoms with Crippen molar-refractivity contribution in [1.82, 2.24) is 20.2 Å². The highest BCUT2D eigenvalue weighted by Crippen LogP contribution is 2.19. The molecule has 1 heterocycles. The standard InChI is InChI=1S/C19H22N4O2/c1-13-4-7-16(8-5-13)19-20-22-23(21-19)11-17(24)12-25-18-9-6-14(2)10-15(18)3/h4-10,17,24H,11-12H2,1-3H3/t17-/m0/s1. The van der Waals surface area contributed by atoms with Gasteiger partial charge in [0.25, 0.3) is 0 Å². The third-order valence-corrected chi connectivity index (χ3v) is 3.90. The fraction of sp³-hybridized carbons (Fsp3) is 0.316. The molecule has 25 heavy (non-hydrogen) atoms. The van der Waals surface area contributed by atoms with Gasteiger partial charge in [-0.2, -0.15) is 4.80 Å². The molecule has 1 N–H and O–H groups in total. The molecule has 0 radical (unpaired) electrons. The zero-order valence-electron chi connectivity index (χ0n) is 14.7. The second kappa shape index (κ2) is 7.44. The van der Waals surface area contributed by atoms with E-state index >= 15 is 0 Å². The van der Waals surface area contributed by atoms with Gasteiger partial charge in [-0.1, -0.05) is 47.5 Å². The molecular formula is C19H22N4O2. The molecule has 0 bridgehead atoms. The van der Waals surface area contributed by atoms with Gasteiger partial charge < -0.3 is 9.84 Å². The zero-order valence-corrected chi connectivity index (χ0v) is 14.7. The van der Waals surface area contributed by atoms with E-state index in [1.165, 1.54) is 15.9 Å². The number of hydrogen-bond acceptors (Lipinski definition) is 5. The third-order valence-electron chi connectivity index (χ3n) is 3.90. The summed E-state index contributed by atoms with van der Waals surface area (Å²) < 4.78 is 5.69. The summed E-state index contributed by atoms with van der Waals surface area (Å²) in [5, 5.41) is 22.5. The number of aryl methyl sites for hydroxylation is 3. The van der Waals surface area contributed by atoms with Gasteiger partial charge in [-0.3, -0.25) is 0 Å². The first-order valence-corrected chi connectivity index (χ1v) is 8.24. The van der Waals surface area contributed by atoms with E-state index in [2.05, 4.69) is 21.5 Å². The van der Waals surface area contributed by atoms with E-state index < -0.39 is 6.10 Å². The number of aliphatic hydroxyl groups is 1. The van der Waals surface area contributed by atoms with E-state index in [-0.39, 0.29) is 13.2 Å². The van der Waals surface area contributed by atoms with Crippen molar-refractivity contribution in [2.75, 3.05) is 6.61 Å². The first kappa shape index (κ1) is 17.1. The summed E-state index contributed by atoms with van der Waals surface area (Å²) in [5.41, 5.74) is 4.31. The fourth-order valence-electron chi connectivity index (χ4n) is 2.53. The molecule has 0 saturated carbocycles. The second-order valence-electron chi connectivity index (χ2n) is 6.27. The Kier molecular flexibility index (Phi) is 5.09. The molecule has 0 saturated heterocycles. The molecule has 2 aromatic carbocycles. The van der Waals surface area contributed by atoms with Crippen LogP contribution in [0.25, 0.3) is 11.4 Å². The van der Waals surface area contributed by atoms with Crippen molar-refractivity contribution >= 4 is 0 Å². The largest absolute Gasteiger partial charge is 0.491 e. The van der Waals surface area contributed by atoms with Crippen LogP contribution in [0.4, 0.5) is 0 Å². The number of aliphatic hydroxyl groups excluding tert-OH is 1. The van der Waals surface area contributed by atoms with Crippen LogP contribution >= 0.6 is 0 Å².